The van der Waals surface area contributed by atoms with Gasteiger partial charge >= 0.3 is 0 Å². The van der Waals surface area contributed by atoms with Crippen LogP contribution in [0.5, 0.6) is 0 Å². The summed E-state index contributed by atoms with van der Waals surface area (Å²) >= 11 is 0. The van der Waals surface area contributed by atoms with E-state index in [0.717, 1.165) is 0 Å². The standard InChI is InChI=1S/C9H17NO/c1-4-5-9(6-7-9)10(3)8(2)11/h4-7H2,1-3H3. The molecule has 1 fully saturated rings. The van der Waals surface area contributed by atoms with Gasteiger partial charge in [0.2, 0.25) is 5.91 Å². The van der Waals surface area contributed by atoms with Crippen molar-refractivity contribution in [1.29, 1.82) is 0 Å². The first-order chi connectivity index (χ1) is 5.12. The normalized spacial score (nSPS) is 19.5. The molecule has 1 saturated carbocycles. The Kier molecular flexibility index (Phi) is 2.21. The van der Waals surface area contributed by atoms with E-state index < -0.39 is 0 Å². The summed E-state index contributed by atoms with van der Waals surface area (Å²) in [6, 6.07) is 0. The summed E-state index contributed by atoms with van der Waals surface area (Å²) in [7, 11) is 1.92. The second kappa shape index (κ2) is 2.84. The molecule has 0 atom stereocenters. The summed E-state index contributed by atoms with van der Waals surface area (Å²) in [4.78, 5) is 12.9. The molecule has 0 aliphatic heterocycles. The molecule has 1 aliphatic carbocycles. The van der Waals surface area contributed by atoms with E-state index in [1.165, 1.54) is 25.7 Å². The van der Waals surface area contributed by atoms with Gasteiger partial charge in [0.1, 0.15) is 0 Å². The topological polar surface area (TPSA) is 20.3 Å². The molecule has 0 bridgehead atoms. The first kappa shape index (κ1) is 8.57. The number of nitrogens with zero attached hydrogens (tertiary/aromatic N) is 1. The summed E-state index contributed by atoms with van der Waals surface area (Å²) in [5.74, 6) is 0.205. The van der Waals surface area contributed by atoms with Crippen LogP contribution in [0.15, 0.2) is 0 Å². The fourth-order valence-electron chi connectivity index (χ4n) is 1.70. The number of amides is 1. The monoisotopic (exact) mass is 155 g/mol. The second-order valence-electron chi connectivity index (χ2n) is 3.55. The van der Waals surface area contributed by atoms with E-state index in [1.807, 2.05) is 11.9 Å². The third-order valence-corrected chi connectivity index (χ3v) is 2.73. The average Bonchev–Trinajstić information content (AvgIpc) is 2.69. The van der Waals surface area contributed by atoms with Crippen LogP contribution in [-0.4, -0.2) is 23.4 Å². The van der Waals surface area contributed by atoms with Gasteiger partial charge in [0.15, 0.2) is 0 Å². The van der Waals surface area contributed by atoms with Crippen molar-refractivity contribution < 1.29 is 4.79 Å². The predicted molar refractivity (Wildman–Crippen MR) is 45.3 cm³/mol. The summed E-state index contributed by atoms with van der Waals surface area (Å²) in [5.41, 5.74) is 0.264. The van der Waals surface area contributed by atoms with Crippen molar-refractivity contribution in [3.63, 3.8) is 0 Å². The third kappa shape index (κ3) is 1.55. The lowest BCUT2D eigenvalue weighted by Crippen LogP contribution is -2.37. The predicted octanol–water partition coefficient (Wildman–Crippen LogP) is 1.80. The molecule has 0 radical (unpaired) electrons. The summed E-state index contributed by atoms with van der Waals surface area (Å²) in [5, 5.41) is 0. The van der Waals surface area contributed by atoms with E-state index in [9.17, 15) is 4.79 Å². The molecule has 1 aliphatic rings. The van der Waals surface area contributed by atoms with Crippen LogP contribution < -0.4 is 0 Å². The molecule has 0 heterocycles. The largest absolute Gasteiger partial charge is 0.340 e. The lowest BCUT2D eigenvalue weighted by atomic mass is 10.1. The summed E-state index contributed by atoms with van der Waals surface area (Å²) in [6.45, 7) is 3.82. The third-order valence-electron chi connectivity index (χ3n) is 2.73. The Hall–Kier alpha value is -0.530. The van der Waals surface area contributed by atoms with Crippen LogP contribution in [0, 0.1) is 0 Å². The zero-order chi connectivity index (χ0) is 8.48. The van der Waals surface area contributed by atoms with Crippen LogP contribution >= 0.6 is 0 Å². The molecule has 0 unspecified atom stereocenters. The van der Waals surface area contributed by atoms with E-state index in [2.05, 4.69) is 6.92 Å². The van der Waals surface area contributed by atoms with Crippen LogP contribution in [0.4, 0.5) is 0 Å². The van der Waals surface area contributed by atoms with E-state index >= 15 is 0 Å². The van der Waals surface area contributed by atoms with Crippen LogP contribution in [-0.2, 0) is 4.79 Å². The van der Waals surface area contributed by atoms with Gasteiger partial charge in [0.25, 0.3) is 0 Å². The highest BCUT2D eigenvalue weighted by molar-refractivity contribution is 5.74. The van der Waals surface area contributed by atoms with Gasteiger partial charge < -0.3 is 4.90 Å². The molecule has 2 nitrogen and oxygen atoms in total. The maximum atomic E-state index is 11.0. The SMILES string of the molecule is CCCC1(N(C)C(C)=O)CC1. The minimum atomic E-state index is 0.205. The number of hydrogen-bond acceptors (Lipinski definition) is 1. The minimum Gasteiger partial charge on any atom is -0.340 e. The van der Waals surface area contributed by atoms with Crippen molar-refractivity contribution in [3.8, 4) is 0 Å². The fourth-order valence-corrected chi connectivity index (χ4v) is 1.70. The zero-order valence-corrected chi connectivity index (χ0v) is 7.68. The molecule has 2 heteroatoms. The van der Waals surface area contributed by atoms with Crippen molar-refractivity contribution in [2.45, 2.75) is 45.1 Å². The van der Waals surface area contributed by atoms with Gasteiger partial charge in [-0.3, -0.25) is 4.79 Å². The van der Waals surface area contributed by atoms with Crippen LogP contribution in [0.25, 0.3) is 0 Å². The zero-order valence-electron chi connectivity index (χ0n) is 7.68. The molecular formula is C9H17NO. The number of carbonyl (C=O) groups excluding carboxylic acids is 1. The molecule has 0 saturated heterocycles. The van der Waals surface area contributed by atoms with Gasteiger partial charge in [-0.15, -0.1) is 0 Å². The van der Waals surface area contributed by atoms with Gasteiger partial charge in [-0.25, -0.2) is 0 Å². The second-order valence-corrected chi connectivity index (χ2v) is 3.55. The molecular weight excluding hydrogens is 138 g/mol. The molecule has 1 amide bonds. The first-order valence-corrected chi connectivity index (χ1v) is 4.37. The summed E-state index contributed by atoms with van der Waals surface area (Å²) in [6.07, 6.45) is 4.76. The number of rotatable bonds is 3. The Balaban J connectivity index is 2.50. The van der Waals surface area contributed by atoms with Crippen molar-refractivity contribution >= 4 is 5.91 Å². The van der Waals surface area contributed by atoms with E-state index in [-0.39, 0.29) is 11.4 Å². The Morgan fingerprint density at radius 1 is 1.55 bits per heavy atom. The summed E-state index contributed by atoms with van der Waals surface area (Å²) < 4.78 is 0. The molecule has 1 rings (SSSR count). The van der Waals surface area contributed by atoms with Gasteiger partial charge in [-0.1, -0.05) is 13.3 Å². The van der Waals surface area contributed by atoms with Gasteiger partial charge in [0, 0.05) is 19.5 Å². The van der Waals surface area contributed by atoms with E-state index in [4.69, 9.17) is 0 Å². The lowest BCUT2D eigenvalue weighted by molar-refractivity contribution is -0.130. The first-order valence-electron chi connectivity index (χ1n) is 4.37. The van der Waals surface area contributed by atoms with Gasteiger partial charge in [-0.05, 0) is 19.3 Å². The molecule has 0 spiro atoms. The van der Waals surface area contributed by atoms with Gasteiger partial charge in [-0.2, -0.15) is 0 Å². The van der Waals surface area contributed by atoms with Crippen molar-refractivity contribution in [2.75, 3.05) is 7.05 Å². The molecule has 0 aromatic rings. The quantitative estimate of drug-likeness (QED) is 0.608. The van der Waals surface area contributed by atoms with E-state index in [1.54, 1.807) is 6.92 Å². The Morgan fingerprint density at radius 3 is 2.36 bits per heavy atom. The smallest absolute Gasteiger partial charge is 0.219 e. The molecule has 0 aromatic carbocycles. The number of hydrogen-bond donors (Lipinski definition) is 0. The lowest BCUT2D eigenvalue weighted by Gasteiger charge is -2.26. The maximum Gasteiger partial charge on any atom is 0.219 e. The Bertz CT molecular complexity index is 161. The van der Waals surface area contributed by atoms with Crippen molar-refractivity contribution in [1.82, 2.24) is 4.90 Å². The highest BCUT2D eigenvalue weighted by Gasteiger charge is 2.46. The average molecular weight is 155 g/mol. The van der Waals surface area contributed by atoms with E-state index in [0.29, 0.717) is 0 Å². The highest BCUT2D eigenvalue weighted by Crippen LogP contribution is 2.44. The van der Waals surface area contributed by atoms with Crippen molar-refractivity contribution in [2.24, 2.45) is 0 Å². The Morgan fingerprint density at radius 2 is 2.09 bits per heavy atom. The molecule has 11 heavy (non-hydrogen) atoms. The molecule has 0 aromatic heterocycles. The van der Waals surface area contributed by atoms with Crippen molar-refractivity contribution in [3.05, 3.63) is 0 Å². The number of carbonyl (C=O) groups is 1. The van der Waals surface area contributed by atoms with Crippen LogP contribution in [0.2, 0.25) is 0 Å². The molecule has 0 N–H and O–H groups in total. The highest BCUT2D eigenvalue weighted by atomic mass is 16.2. The Labute approximate surface area is 68.6 Å². The molecule has 64 valence electrons. The van der Waals surface area contributed by atoms with Crippen LogP contribution in [0.3, 0.4) is 0 Å². The maximum absolute atomic E-state index is 11.0. The van der Waals surface area contributed by atoms with Gasteiger partial charge in [0.05, 0.1) is 0 Å². The van der Waals surface area contributed by atoms with Crippen LogP contribution in [0.1, 0.15) is 39.5 Å². The minimum absolute atomic E-state index is 0.205. The fraction of sp³-hybridized carbons (Fsp3) is 0.889.